The number of aryl methyl sites for hydroxylation is 1. The van der Waals surface area contributed by atoms with Gasteiger partial charge in [-0.05, 0) is 38.0 Å². The summed E-state index contributed by atoms with van der Waals surface area (Å²) in [6.07, 6.45) is -0.569. The van der Waals surface area contributed by atoms with E-state index in [9.17, 15) is 4.79 Å². The van der Waals surface area contributed by atoms with Crippen LogP contribution in [0.2, 0.25) is 0 Å². The predicted octanol–water partition coefficient (Wildman–Crippen LogP) is 2.09. The molecular weight excluding hydrogens is 218 g/mol. The van der Waals surface area contributed by atoms with Crippen molar-refractivity contribution in [1.29, 1.82) is 0 Å². The summed E-state index contributed by atoms with van der Waals surface area (Å²) in [4.78, 5) is 16.6. The van der Waals surface area contributed by atoms with Crippen LogP contribution in [-0.4, -0.2) is 31.2 Å². The van der Waals surface area contributed by atoms with Crippen molar-refractivity contribution < 1.29 is 14.4 Å². The maximum atomic E-state index is 11.8. The Morgan fingerprint density at radius 2 is 2.00 bits per heavy atom. The topological polar surface area (TPSA) is 38.8 Å². The van der Waals surface area contributed by atoms with Gasteiger partial charge in [0.05, 0.1) is 7.11 Å². The molecule has 1 aromatic carbocycles. The molecule has 0 fully saturated rings. The molecule has 1 atom stereocenters. The van der Waals surface area contributed by atoms with Crippen LogP contribution in [-0.2, 0) is 9.63 Å². The number of carbonyl (C=O) groups excluding carboxylic acids is 1. The second-order valence-corrected chi connectivity index (χ2v) is 3.98. The van der Waals surface area contributed by atoms with E-state index in [-0.39, 0.29) is 5.91 Å². The third-order valence-corrected chi connectivity index (χ3v) is 2.79. The SMILES string of the molecule is CON(C)C(=O)[C@@H](C)Oc1cccc(C)c1C. The predicted molar refractivity (Wildman–Crippen MR) is 65.8 cm³/mol. The molecule has 1 rings (SSSR count). The van der Waals surface area contributed by atoms with Crippen LogP contribution in [0.25, 0.3) is 0 Å². The zero-order valence-electron chi connectivity index (χ0n) is 11.0. The van der Waals surface area contributed by atoms with Gasteiger partial charge < -0.3 is 4.74 Å². The van der Waals surface area contributed by atoms with Crippen molar-refractivity contribution in [3.05, 3.63) is 29.3 Å². The van der Waals surface area contributed by atoms with Crippen molar-refractivity contribution in [2.24, 2.45) is 0 Å². The number of hydroxylamine groups is 2. The number of nitrogens with zero attached hydrogens (tertiary/aromatic N) is 1. The fourth-order valence-corrected chi connectivity index (χ4v) is 1.44. The molecule has 94 valence electrons. The number of likely N-dealkylation sites (N-methyl/N-ethyl adjacent to an activating group) is 1. The molecule has 0 spiro atoms. The Balaban J connectivity index is 2.78. The number of rotatable bonds is 4. The smallest absolute Gasteiger partial charge is 0.286 e. The third kappa shape index (κ3) is 3.20. The highest BCUT2D eigenvalue weighted by molar-refractivity contribution is 5.79. The molecule has 0 aliphatic carbocycles. The molecule has 0 heterocycles. The van der Waals surface area contributed by atoms with Gasteiger partial charge in [0.1, 0.15) is 5.75 Å². The minimum Gasteiger partial charge on any atom is -0.481 e. The second-order valence-electron chi connectivity index (χ2n) is 3.98. The van der Waals surface area contributed by atoms with Gasteiger partial charge in [0.2, 0.25) is 0 Å². The third-order valence-electron chi connectivity index (χ3n) is 2.79. The van der Waals surface area contributed by atoms with Gasteiger partial charge in [-0.2, -0.15) is 0 Å². The highest BCUT2D eigenvalue weighted by Gasteiger charge is 2.19. The summed E-state index contributed by atoms with van der Waals surface area (Å²) in [6.45, 7) is 5.69. The van der Waals surface area contributed by atoms with E-state index in [4.69, 9.17) is 9.57 Å². The van der Waals surface area contributed by atoms with Crippen molar-refractivity contribution in [2.75, 3.05) is 14.2 Å². The number of amides is 1. The number of hydrogen-bond acceptors (Lipinski definition) is 3. The largest absolute Gasteiger partial charge is 0.481 e. The molecule has 4 nitrogen and oxygen atoms in total. The van der Waals surface area contributed by atoms with Crippen LogP contribution >= 0.6 is 0 Å². The molecule has 0 saturated heterocycles. The van der Waals surface area contributed by atoms with Crippen LogP contribution in [0.15, 0.2) is 18.2 Å². The zero-order valence-corrected chi connectivity index (χ0v) is 11.0. The fraction of sp³-hybridized carbons (Fsp3) is 0.462. The van der Waals surface area contributed by atoms with Gasteiger partial charge in [-0.1, -0.05) is 12.1 Å². The van der Waals surface area contributed by atoms with Gasteiger partial charge in [-0.25, -0.2) is 5.06 Å². The normalized spacial score (nSPS) is 12.1. The van der Waals surface area contributed by atoms with Crippen molar-refractivity contribution >= 4 is 5.91 Å². The quantitative estimate of drug-likeness (QED) is 0.753. The highest BCUT2D eigenvalue weighted by Crippen LogP contribution is 2.22. The van der Waals surface area contributed by atoms with Crippen molar-refractivity contribution in [3.8, 4) is 5.75 Å². The van der Waals surface area contributed by atoms with Crippen molar-refractivity contribution in [1.82, 2.24) is 5.06 Å². The molecule has 0 aliphatic rings. The molecule has 0 bridgehead atoms. The van der Waals surface area contributed by atoms with E-state index in [1.807, 2.05) is 32.0 Å². The lowest BCUT2D eigenvalue weighted by atomic mass is 10.1. The Morgan fingerprint density at radius 1 is 1.35 bits per heavy atom. The fourth-order valence-electron chi connectivity index (χ4n) is 1.44. The van der Waals surface area contributed by atoms with E-state index in [0.717, 1.165) is 21.9 Å². The van der Waals surface area contributed by atoms with Crippen LogP contribution in [0.4, 0.5) is 0 Å². The lowest BCUT2D eigenvalue weighted by Gasteiger charge is -2.21. The monoisotopic (exact) mass is 237 g/mol. The van der Waals surface area contributed by atoms with Crippen molar-refractivity contribution in [3.63, 3.8) is 0 Å². The maximum absolute atomic E-state index is 11.8. The number of carbonyl (C=O) groups is 1. The van der Waals surface area contributed by atoms with Crippen LogP contribution in [0.1, 0.15) is 18.1 Å². The Labute approximate surface area is 102 Å². The summed E-state index contributed by atoms with van der Waals surface area (Å²) >= 11 is 0. The van der Waals surface area contributed by atoms with Gasteiger partial charge in [-0.15, -0.1) is 0 Å². The average Bonchev–Trinajstić information content (AvgIpc) is 2.32. The van der Waals surface area contributed by atoms with Gasteiger partial charge in [-0.3, -0.25) is 9.63 Å². The Morgan fingerprint density at radius 3 is 2.59 bits per heavy atom. The molecule has 0 N–H and O–H groups in total. The van der Waals surface area contributed by atoms with E-state index in [2.05, 4.69) is 0 Å². The van der Waals surface area contributed by atoms with Gasteiger partial charge in [0, 0.05) is 7.05 Å². The van der Waals surface area contributed by atoms with E-state index >= 15 is 0 Å². The molecule has 0 aromatic heterocycles. The maximum Gasteiger partial charge on any atom is 0.286 e. The Hall–Kier alpha value is -1.55. The van der Waals surface area contributed by atoms with Gasteiger partial charge >= 0.3 is 0 Å². The summed E-state index contributed by atoms with van der Waals surface area (Å²) in [5.74, 6) is 0.517. The summed E-state index contributed by atoms with van der Waals surface area (Å²) in [6, 6.07) is 5.78. The number of ether oxygens (including phenoxy) is 1. The molecule has 0 radical (unpaired) electrons. The first-order valence-corrected chi connectivity index (χ1v) is 5.52. The van der Waals surface area contributed by atoms with Crippen LogP contribution in [0.3, 0.4) is 0 Å². The van der Waals surface area contributed by atoms with E-state index < -0.39 is 6.10 Å². The lowest BCUT2D eigenvalue weighted by Crippen LogP contribution is -2.37. The first-order chi connectivity index (χ1) is 7.97. The molecule has 0 saturated carbocycles. The van der Waals surface area contributed by atoms with E-state index in [1.54, 1.807) is 14.0 Å². The van der Waals surface area contributed by atoms with E-state index in [1.165, 1.54) is 7.11 Å². The first kappa shape index (κ1) is 13.5. The van der Waals surface area contributed by atoms with Crippen molar-refractivity contribution in [2.45, 2.75) is 26.9 Å². The van der Waals surface area contributed by atoms with E-state index in [0.29, 0.717) is 0 Å². The summed E-state index contributed by atoms with van der Waals surface area (Å²) in [5, 5.41) is 1.16. The first-order valence-electron chi connectivity index (χ1n) is 5.52. The summed E-state index contributed by atoms with van der Waals surface area (Å²) in [5.41, 5.74) is 2.19. The molecule has 1 amide bonds. The van der Waals surface area contributed by atoms with Crippen LogP contribution < -0.4 is 4.74 Å². The zero-order chi connectivity index (χ0) is 13.0. The second kappa shape index (κ2) is 5.68. The standard InChI is InChI=1S/C13H19NO3/c1-9-7-6-8-12(10(9)2)17-11(3)13(15)14(4)16-5/h6-8,11H,1-5H3/t11-/m1/s1. The Bertz CT molecular complexity index is 404. The van der Waals surface area contributed by atoms with Gasteiger partial charge in [0.25, 0.3) is 5.91 Å². The molecule has 17 heavy (non-hydrogen) atoms. The minimum atomic E-state index is -0.569. The van der Waals surface area contributed by atoms with Gasteiger partial charge in [0.15, 0.2) is 6.10 Å². The highest BCUT2D eigenvalue weighted by atomic mass is 16.7. The number of hydrogen-bond donors (Lipinski definition) is 0. The van der Waals surface area contributed by atoms with Crippen LogP contribution in [0, 0.1) is 13.8 Å². The molecule has 4 heteroatoms. The summed E-state index contributed by atoms with van der Waals surface area (Å²) in [7, 11) is 3.01. The molecule has 0 unspecified atom stereocenters. The average molecular weight is 237 g/mol. The Kier molecular flexibility index (Phi) is 4.52. The lowest BCUT2D eigenvalue weighted by molar-refractivity contribution is -0.175. The van der Waals surface area contributed by atoms with Crippen LogP contribution in [0.5, 0.6) is 5.75 Å². The number of benzene rings is 1. The molecular formula is C13H19NO3. The minimum absolute atomic E-state index is 0.214. The molecule has 0 aliphatic heterocycles. The summed E-state index contributed by atoms with van der Waals surface area (Å²) < 4.78 is 5.64. The molecule has 1 aromatic rings.